The van der Waals surface area contributed by atoms with Crippen LogP contribution in [-0.2, 0) is 11.3 Å². The lowest BCUT2D eigenvalue weighted by Crippen LogP contribution is -2.89. The van der Waals surface area contributed by atoms with Crippen LogP contribution in [0.1, 0.15) is 25.3 Å². The molecule has 110 valence electrons. The van der Waals surface area contributed by atoms with Gasteiger partial charge in [-0.2, -0.15) is 0 Å². The Bertz CT molecular complexity index is 445. The van der Waals surface area contributed by atoms with E-state index in [9.17, 15) is 4.79 Å². The molecule has 2 N–H and O–H groups in total. The zero-order chi connectivity index (χ0) is 14.4. The molecule has 1 aliphatic heterocycles. The summed E-state index contributed by atoms with van der Waals surface area (Å²) in [5.74, 6) is 0. The Hall–Kier alpha value is -1.26. The van der Waals surface area contributed by atoms with Gasteiger partial charge in [0.2, 0.25) is 0 Å². The number of ether oxygens (including phenoxy) is 1. The monoisotopic (exact) mass is 297 g/mol. The standard InChI is InChI=1S/C15H21ClN2O2/c1-2-20-15(19)18-9-7-13(8-10-18)17-11-12-5-3-4-6-14(12)16/h3-6,13,17H,2,7-11H2,1H3/p+1. The summed E-state index contributed by atoms with van der Waals surface area (Å²) in [6, 6.07) is 8.50. The van der Waals surface area contributed by atoms with E-state index >= 15 is 0 Å². The van der Waals surface area contributed by atoms with E-state index in [-0.39, 0.29) is 6.09 Å². The van der Waals surface area contributed by atoms with Crippen LogP contribution in [0.2, 0.25) is 5.02 Å². The largest absolute Gasteiger partial charge is 0.450 e. The average molecular weight is 298 g/mol. The molecule has 0 aliphatic carbocycles. The van der Waals surface area contributed by atoms with E-state index in [1.165, 1.54) is 5.56 Å². The molecule has 1 fully saturated rings. The van der Waals surface area contributed by atoms with Crippen molar-refractivity contribution in [2.24, 2.45) is 0 Å². The Balaban J connectivity index is 1.75. The van der Waals surface area contributed by atoms with Crippen LogP contribution in [0.5, 0.6) is 0 Å². The van der Waals surface area contributed by atoms with Crippen molar-refractivity contribution in [3.63, 3.8) is 0 Å². The number of halogens is 1. The van der Waals surface area contributed by atoms with Gasteiger partial charge in [-0.3, -0.25) is 0 Å². The first-order chi connectivity index (χ1) is 9.70. The smallest absolute Gasteiger partial charge is 0.409 e. The van der Waals surface area contributed by atoms with E-state index in [1.807, 2.05) is 25.1 Å². The lowest BCUT2D eigenvalue weighted by Gasteiger charge is -2.29. The molecule has 2 rings (SSSR count). The summed E-state index contributed by atoms with van der Waals surface area (Å²) >= 11 is 6.15. The van der Waals surface area contributed by atoms with Gasteiger partial charge in [0, 0.05) is 36.5 Å². The summed E-state index contributed by atoms with van der Waals surface area (Å²) < 4.78 is 5.02. The number of quaternary nitrogens is 1. The number of hydrogen-bond acceptors (Lipinski definition) is 2. The SMILES string of the molecule is CCOC(=O)N1CCC([NH2+]Cc2ccccc2Cl)CC1. The highest BCUT2D eigenvalue weighted by atomic mass is 35.5. The molecule has 0 atom stereocenters. The third kappa shape index (κ3) is 4.12. The van der Waals surface area contributed by atoms with Gasteiger partial charge in [0.05, 0.1) is 12.6 Å². The number of nitrogens with two attached hydrogens (primary N) is 1. The molecular formula is C15H22ClN2O2+. The second-order valence-corrected chi connectivity index (χ2v) is 5.46. The number of nitrogens with zero attached hydrogens (tertiary/aromatic N) is 1. The minimum Gasteiger partial charge on any atom is -0.450 e. The molecule has 0 spiro atoms. The zero-order valence-electron chi connectivity index (χ0n) is 11.8. The molecule has 1 saturated heterocycles. The van der Waals surface area contributed by atoms with Crippen LogP contribution < -0.4 is 5.32 Å². The van der Waals surface area contributed by atoms with Crippen LogP contribution in [0.3, 0.4) is 0 Å². The number of carbonyl (C=O) groups is 1. The number of rotatable bonds is 4. The number of hydrogen-bond donors (Lipinski definition) is 1. The van der Waals surface area contributed by atoms with Crippen molar-refractivity contribution in [2.75, 3.05) is 19.7 Å². The van der Waals surface area contributed by atoms with E-state index in [0.29, 0.717) is 12.6 Å². The first-order valence-corrected chi connectivity index (χ1v) is 7.57. The van der Waals surface area contributed by atoms with Gasteiger partial charge < -0.3 is 15.0 Å². The van der Waals surface area contributed by atoms with Gasteiger partial charge in [0.15, 0.2) is 0 Å². The second kappa shape index (κ2) is 7.50. The molecule has 5 heteroatoms. The number of piperidine rings is 1. The summed E-state index contributed by atoms with van der Waals surface area (Å²) in [6.07, 6.45) is 1.82. The molecule has 4 nitrogen and oxygen atoms in total. The van der Waals surface area contributed by atoms with E-state index in [0.717, 1.165) is 37.5 Å². The van der Waals surface area contributed by atoms with E-state index < -0.39 is 0 Å². The number of amides is 1. The molecule has 0 unspecified atom stereocenters. The van der Waals surface area contributed by atoms with Crippen molar-refractivity contribution < 1.29 is 14.8 Å². The van der Waals surface area contributed by atoms with E-state index in [2.05, 4.69) is 11.4 Å². The Labute approximate surface area is 125 Å². The zero-order valence-corrected chi connectivity index (χ0v) is 12.6. The summed E-state index contributed by atoms with van der Waals surface area (Å²) in [5, 5.41) is 3.15. The molecule has 0 bridgehead atoms. The van der Waals surface area contributed by atoms with Crippen LogP contribution in [0.25, 0.3) is 0 Å². The van der Waals surface area contributed by atoms with Gasteiger partial charge in [-0.15, -0.1) is 0 Å². The van der Waals surface area contributed by atoms with Gasteiger partial charge in [-0.05, 0) is 13.0 Å². The molecule has 0 radical (unpaired) electrons. The van der Waals surface area contributed by atoms with Gasteiger partial charge in [0.25, 0.3) is 0 Å². The van der Waals surface area contributed by atoms with E-state index in [4.69, 9.17) is 16.3 Å². The van der Waals surface area contributed by atoms with Crippen LogP contribution in [-0.4, -0.2) is 36.7 Å². The quantitative estimate of drug-likeness (QED) is 0.924. The number of benzene rings is 1. The molecule has 1 heterocycles. The number of likely N-dealkylation sites (tertiary alicyclic amines) is 1. The predicted octanol–water partition coefficient (Wildman–Crippen LogP) is 2.02. The first-order valence-electron chi connectivity index (χ1n) is 7.19. The molecule has 1 aliphatic rings. The van der Waals surface area contributed by atoms with Gasteiger partial charge in [-0.25, -0.2) is 4.79 Å². The highest BCUT2D eigenvalue weighted by Gasteiger charge is 2.25. The maximum Gasteiger partial charge on any atom is 0.409 e. The summed E-state index contributed by atoms with van der Waals surface area (Å²) in [5.41, 5.74) is 1.17. The van der Waals surface area contributed by atoms with Gasteiger partial charge in [0.1, 0.15) is 6.54 Å². The first kappa shape index (κ1) is 15.1. The van der Waals surface area contributed by atoms with Crippen LogP contribution in [0, 0.1) is 0 Å². The molecule has 1 amide bonds. The highest BCUT2D eigenvalue weighted by molar-refractivity contribution is 6.31. The molecule has 1 aromatic rings. The maximum absolute atomic E-state index is 11.6. The minimum atomic E-state index is -0.183. The second-order valence-electron chi connectivity index (χ2n) is 5.05. The van der Waals surface area contributed by atoms with Gasteiger partial charge in [-0.1, -0.05) is 29.8 Å². The summed E-state index contributed by atoms with van der Waals surface area (Å²) in [7, 11) is 0. The predicted molar refractivity (Wildman–Crippen MR) is 78.7 cm³/mol. The maximum atomic E-state index is 11.6. The highest BCUT2D eigenvalue weighted by Crippen LogP contribution is 2.14. The third-order valence-electron chi connectivity index (χ3n) is 3.69. The lowest BCUT2D eigenvalue weighted by molar-refractivity contribution is -0.706. The van der Waals surface area contributed by atoms with Crippen molar-refractivity contribution in [2.45, 2.75) is 32.4 Å². The fourth-order valence-corrected chi connectivity index (χ4v) is 2.70. The van der Waals surface area contributed by atoms with Crippen molar-refractivity contribution in [3.8, 4) is 0 Å². The molecule has 20 heavy (non-hydrogen) atoms. The van der Waals surface area contributed by atoms with Gasteiger partial charge >= 0.3 is 6.09 Å². The minimum absolute atomic E-state index is 0.183. The Kier molecular flexibility index (Phi) is 5.68. The van der Waals surface area contributed by atoms with Crippen LogP contribution >= 0.6 is 11.6 Å². The Morgan fingerprint density at radius 2 is 2.10 bits per heavy atom. The van der Waals surface area contributed by atoms with E-state index in [1.54, 1.807) is 4.90 Å². The fourth-order valence-electron chi connectivity index (χ4n) is 2.49. The molecule has 0 aromatic heterocycles. The molecule has 0 saturated carbocycles. The third-order valence-corrected chi connectivity index (χ3v) is 4.06. The van der Waals surface area contributed by atoms with Crippen LogP contribution in [0.4, 0.5) is 4.79 Å². The lowest BCUT2D eigenvalue weighted by atomic mass is 10.0. The Morgan fingerprint density at radius 1 is 1.40 bits per heavy atom. The van der Waals surface area contributed by atoms with Crippen molar-refractivity contribution in [3.05, 3.63) is 34.9 Å². The van der Waals surface area contributed by atoms with Crippen molar-refractivity contribution in [1.82, 2.24) is 4.90 Å². The summed E-state index contributed by atoms with van der Waals surface area (Å²) in [4.78, 5) is 13.4. The van der Waals surface area contributed by atoms with Crippen molar-refractivity contribution in [1.29, 1.82) is 0 Å². The summed E-state index contributed by atoms with van der Waals surface area (Å²) in [6.45, 7) is 4.73. The normalized spacial score (nSPS) is 16.2. The molecular weight excluding hydrogens is 276 g/mol. The number of carbonyl (C=O) groups excluding carboxylic acids is 1. The fraction of sp³-hybridized carbons (Fsp3) is 0.533. The van der Waals surface area contributed by atoms with Crippen molar-refractivity contribution >= 4 is 17.7 Å². The average Bonchev–Trinajstić information content (AvgIpc) is 2.47. The molecule has 1 aromatic carbocycles. The topological polar surface area (TPSA) is 46.1 Å². The Morgan fingerprint density at radius 3 is 2.75 bits per heavy atom. The van der Waals surface area contributed by atoms with Crippen LogP contribution in [0.15, 0.2) is 24.3 Å².